The summed E-state index contributed by atoms with van der Waals surface area (Å²) in [5.41, 5.74) is 4.94. The molecule has 0 saturated carbocycles. The van der Waals surface area contributed by atoms with E-state index in [9.17, 15) is 13.2 Å². The predicted molar refractivity (Wildman–Crippen MR) is 107 cm³/mol. The van der Waals surface area contributed by atoms with E-state index in [0.29, 0.717) is 19.0 Å². The third-order valence-electron chi connectivity index (χ3n) is 3.74. The molecule has 11 heteroatoms. The number of hydrogen-bond donors (Lipinski definition) is 2. The predicted octanol–water partition coefficient (Wildman–Crippen LogP) is 1.72. The smallest absolute Gasteiger partial charge is 0.417 e. The van der Waals surface area contributed by atoms with E-state index in [4.69, 9.17) is 15.2 Å². The Morgan fingerprint density at radius 2 is 2.07 bits per heavy atom. The fraction of sp³-hybridized carbons (Fsp3) is 0.625. The van der Waals surface area contributed by atoms with Crippen LogP contribution in [0.2, 0.25) is 0 Å². The van der Waals surface area contributed by atoms with Crippen molar-refractivity contribution in [2.45, 2.75) is 12.6 Å². The molecule has 1 aromatic heterocycles. The molecule has 0 bridgehead atoms. The van der Waals surface area contributed by atoms with Crippen LogP contribution in [0.3, 0.4) is 0 Å². The van der Waals surface area contributed by atoms with Gasteiger partial charge in [-0.2, -0.15) is 13.2 Å². The molecule has 1 aliphatic heterocycles. The lowest BCUT2D eigenvalue weighted by atomic mass is 10.3. The van der Waals surface area contributed by atoms with Gasteiger partial charge >= 0.3 is 6.18 Å². The van der Waals surface area contributed by atoms with Crippen molar-refractivity contribution in [3.05, 3.63) is 23.9 Å². The van der Waals surface area contributed by atoms with Crippen molar-refractivity contribution >= 4 is 29.9 Å². The van der Waals surface area contributed by atoms with Gasteiger partial charge in [0.2, 0.25) is 5.88 Å². The van der Waals surface area contributed by atoms with E-state index in [-0.39, 0.29) is 36.5 Å². The maximum absolute atomic E-state index is 12.4. The molecule has 1 aromatic rings. The second kappa shape index (κ2) is 12.2. The summed E-state index contributed by atoms with van der Waals surface area (Å²) in [7, 11) is 0. The summed E-state index contributed by atoms with van der Waals surface area (Å²) in [6.07, 6.45) is -2.75. The molecule has 27 heavy (non-hydrogen) atoms. The number of pyridine rings is 1. The highest BCUT2D eigenvalue weighted by Crippen LogP contribution is 2.29. The first-order valence-corrected chi connectivity index (χ1v) is 8.45. The number of ether oxygens (including phenoxy) is 2. The molecule has 0 aliphatic carbocycles. The highest BCUT2D eigenvalue weighted by Gasteiger charge is 2.30. The number of alkyl halides is 3. The lowest BCUT2D eigenvalue weighted by molar-refractivity contribution is -0.137. The second-order valence-electron chi connectivity index (χ2n) is 5.73. The van der Waals surface area contributed by atoms with Gasteiger partial charge in [0.15, 0.2) is 5.96 Å². The number of guanidine groups is 1. The van der Waals surface area contributed by atoms with Gasteiger partial charge in [0.05, 0.1) is 25.3 Å². The second-order valence-corrected chi connectivity index (χ2v) is 5.73. The summed E-state index contributed by atoms with van der Waals surface area (Å²) in [5.74, 6) is 0.441. The van der Waals surface area contributed by atoms with Crippen LogP contribution in [-0.2, 0) is 10.9 Å². The fourth-order valence-corrected chi connectivity index (χ4v) is 2.34. The average Bonchev–Trinajstić information content (AvgIpc) is 2.63. The number of rotatable bonds is 8. The molecule has 0 unspecified atom stereocenters. The minimum Gasteiger partial charge on any atom is -0.476 e. The number of nitrogens with zero attached hydrogens (tertiary/aromatic N) is 3. The van der Waals surface area contributed by atoms with E-state index < -0.39 is 11.7 Å². The number of aliphatic imine (C=N–C) groups is 1. The monoisotopic (exact) mass is 503 g/mol. The lowest BCUT2D eigenvalue weighted by Crippen LogP contribution is -2.37. The van der Waals surface area contributed by atoms with Gasteiger partial charge in [0.1, 0.15) is 6.61 Å². The van der Waals surface area contributed by atoms with Gasteiger partial charge in [-0.3, -0.25) is 9.89 Å². The maximum Gasteiger partial charge on any atom is 0.417 e. The molecule has 1 fully saturated rings. The molecular weight excluding hydrogens is 478 g/mol. The van der Waals surface area contributed by atoms with E-state index in [1.54, 1.807) is 0 Å². The molecular formula is C16H25F3IN5O2. The number of aromatic nitrogens is 1. The Morgan fingerprint density at radius 1 is 1.33 bits per heavy atom. The minimum atomic E-state index is -4.40. The third kappa shape index (κ3) is 9.42. The first-order valence-electron chi connectivity index (χ1n) is 8.45. The van der Waals surface area contributed by atoms with Crippen LogP contribution in [0.15, 0.2) is 23.3 Å². The van der Waals surface area contributed by atoms with Gasteiger partial charge in [0.25, 0.3) is 0 Å². The van der Waals surface area contributed by atoms with Crippen LogP contribution in [0.5, 0.6) is 5.88 Å². The maximum atomic E-state index is 12.4. The molecule has 1 saturated heterocycles. The van der Waals surface area contributed by atoms with E-state index >= 15 is 0 Å². The summed E-state index contributed by atoms with van der Waals surface area (Å²) in [5, 5.41) is 2.89. The van der Waals surface area contributed by atoms with Crippen LogP contribution >= 0.6 is 24.0 Å². The van der Waals surface area contributed by atoms with Crippen molar-refractivity contribution in [3.63, 3.8) is 0 Å². The largest absolute Gasteiger partial charge is 0.476 e. The van der Waals surface area contributed by atoms with Crippen LogP contribution in [0.1, 0.15) is 12.0 Å². The van der Waals surface area contributed by atoms with E-state index in [2.05, 4.69) is 20.2 Å². The molecule has 154 valence electrons. The normalized spacial score (nSPS) is 15.9. The van der Waals surface area contributed by atoms with Crippen LogP contribution in [0, 0.1) is 0 Å². The Balaban J connectivity index is 0.00000364. The lowest BCUT2D eigenvalue weighted by Gasteiger charge is -2.26. The van der Waals surface area contributed by atoms with Gasteiger partial charge in [-0.15, -0.1) is 24.0 Å². The Hall–Kier alpha value is -1.34. The van der Waals surface area contributed by atoms with Crippen LogP contribution < -0.4 is 15.8 Å². The zero-order valence-electron chi connectivity index (χ0n) is 14.9. The van der Waals surface area contributed by atoms with Crippen molar-refractivity contribution in [1.82, 2.24) is 15.2 Å². The summed E-state index contributed by atoms with van der Waals surface area (Å²) < 4.78 is 47.8. The number of nitrogens with one attached hydrogen (secondary N) is 1. The van der Waals surface area contributed by atoms with Crippen molar-refractivity contribution in [2.75, 3.05) is 52.5 Å². The molecule has 0 aromatic carbocycles. The molecule has 0 amide bonds. The topological polar surface area (TPSA) is 85.0 Å². The summed E-state index contributed by atoms with van der Waals surface area (Å²) in [6, 6.07) is 2.12. The Labute approximate surface area is 173 Å². The van der Waals surface area contributed by atoms with Crippen LogP contribution in [0.4, 0.5) is 13.2 Å². The number of halogens is 4. The molecule has 0 spiro atoms. The van der Waals surface area contributed by atoms with E-state index in [0.717, 1.165) is 51.5 Å². The van der Waals surface area contributed by atoms with Crippen LogP contribution in [-0.4, -0.2) is 68.4 Å². The molecule has 0 atom stereocenters. The van der Waals surface area contributed by atoms with Crippen molar-refractivity contribution in [1.29, 1.82) is 0 Å². The van der Waals surface area contributed by atoms with Crippen LogP contribution in [0.25, 0.3) is 0 Å². The van der Waals surface area contributed by atoms with Crippen molar-refractivity contribution in [3.8, 4) is 5.88 Å². The van der Waals surface area contributed by atoms with Gasteiger partial charge < -0.3 is 20.5 Å². The molecule has 2 heterocycles. The zero-order valence-corrected chi connectivity index (χ0v) is 17.2. The highest BCUT2D eigenvalue weighted by molar-refractivity contribution is 14.0. The van der Waals surface area contributed by atoms with E-state index in [1.807, 2.05) is 0 Å². The Morgan fingerprint density at radius 3 is 2.70 bits per heavy atom. The van der Waals surface area contributed by atoms with Gasteiger partial charge in [0, 0.05) is 38.4 Å². The minimum absolute atomic E-state index is 0. The van der Waals surface area contributed by atoms with Crippen molar-refractivity contribution in [2.24, 2.45) is 10.7 Å². The van der Waals surface area contributed by atoms with Gasteiger partial charge in [-0.05, 0) is 12.5 Å². The molecule has 2 rings (SSSR count). The average molecular weight is 503 g/mol. The number of morpholine rings is 1. The molecule has 3 N–H and O–H groups in total. The van der Waals surface area contributed by atoms with E-state index in [1.165, 1.54) is 6.07 Å². The molecule has 0 radical (unpaired) electrons. The zero-order chi connectivity index (χ0) is 18.8. The highest BCUT2D eigenvalue weighted by atomic mass is 127. The first kappa shape index (κ1) is 23.7. The summed E-state index contributed by atoms with van der Waals surface area (Å²) in [6.45, 7) is 5.63. The van der Waals surface area contributed by atoms with Gasteiger partial charge in [-0.1, -0.05) is 0 Å². The Bertz CT molecular complexity index is 566. The molecule has 1 aliphatic rings. The SMILES string of the molecule is I.NC(=NCCCN1CCOCC1)NCCOc1ccc(C(F)(F)F)cn1. The number of nitrogens with two attached hydrogens (primary N) is 1. The quantitative estimate of drug-likeness (QED) is 0.243. The fourth-order valence-electron chi connectivity index (χ4n) is 2.34. The van der Waals surface area contributed by atoms with Gasteiger partial charge in [-0.25, -0.2) is 4.98 Å². The third-order valence-corrected chi connectivity index (χ3v) is 3.74. The summed E-state index contributed by atoms with van der Waals surface area (Å²) >= 11 is 0. The standard InChI is InChI=1S/C16H24F3N5O2.HI/c17-16(18,19)13-2-3-14(23-12-13)26-9-5-22-15(20)21-4-1-6-24-7-10-25-11-8-24;/h2-3,12H,1,4-11H2,(H3,20,21,22);1H. The summed E-state index contributed by atoms with van der Waals surface area (Å²) in [4.78, 5) is 10.2. The molecule has 7 nitrogen and oxygen atoms in total. The number of hydrogen-bond acceptors (Lipinski definition) is 5. The van der Waals surface area contributed by atoms with Crippen molar-refractivity contribution < 1.29 is 22.6 Å². The Kier molecular flexibility index (Phi) is 10.7. The first-order chi connectivity index (χ1) is 12.4.